The Balaban J connectivity index is 2.57. The Morgan fingerprint density at radius 3 is 2.88 bits per heavy atom. The van der Waals surface area contributed by atoms with E-state index in [1.165, 1.54) is 0 Å². The number of rotatable bonds is 6. The van der Waals surface area contributed by atoms with E-state index in [1.807, 2.05) is 31.2 Å². The standard InChI is InChI=1S/C13H18ClNO/c1-3-4-5-8-16-13-7-6-11(10(2)15)9-12(13)14/h3,6-7,9-10H,1,4-5,8,15H2,2H3/t10-/m0/s1. The highest BCUT2D eigenvalue weighted by molar-refractivity contribution is 6.32. The van der Waals surface area contributed by atoms with Crippen molar-refractivity contribution in [2.75, 3.05) is 6.61 Å². The molecule has 3 heteroatoms. The van der Waals surface area contributed by atoms with Crippen LogP contribution in [0.5, 0.6) is 5.75 Å². The lowest BCUT2D eigenvalue weighted by atomic mass is 10.1. The number of unbranched alkanes of at least 4 members (excludes halogenated alkanes) is 1. The summed E-state index contributed by atoms with van der Waals surface area (Å²) in [5.74, 6) is 0.718. The molecule has 2 N–H and O–H groups in total. The topological polar surface area (TPSA) is 35.2 Å². The summed E-state index contributed by atoms with van der Waals surface area (Å²) in [6.07, 6.45) is 3.79. The maximum absolute atomic E-state index is 6.09. The van der Waals surface area contributed by atoms with Gasteiger partial charge in [-0.2, -0.15) is 0 Å². The molecule has 0 heterocycles. The molecule has 0 aliphatic rings. The first-order valence-electron chi connectivity index (χ1n) is 5.44. The first-order valence-corrected chi connectivity index (χ1v) is 5.81. The second-order valence-corrected chi connectivity index (χ2v) is 4.17. The summed E-state index contributed by atoms with van der Waals surface area (Å²) < 4.78 is 5.55. The molecule has 0 aliphatic carbocycles. The van der Waals surface area contributed by atoms with Crippen molar-refractivity contribution in [3.8, 4) is 5.75 Å². The Labute approximate surface area is 102 Å². The molecule has 1 atom stereocenters. The zero-order valence-electron chi connectivity index (χ0n) is 9.58. The predicted molar refractivity (Wildman–Crippen MR) is 69.0 cm³/mol. The van der Waals surface area contributed by atoms with Gasteiger partial charge in [0.1, 0.15) is 5.75 Å². The third-order valence-corrected chi connectivity index (χ3v) is 2.59. The number of halogens is 1. The highest BCUT2D eigenvalue weighted by atomic mass is 35.5. The zero-order chi connectivity index (χ0) is 12.0. The molecular formula is C13H18ClNO. The molecule has 0 amide bonds. The molecule has 0 radical (unpaired) electrons. The molecule has 16 heavy (non-hydrogen) atoms. The van der Waals surface area contributed by atoms with Gasteiger partial charge in [-0.3, -0.25) is 0 Å². The minimum absolute atomic E-state index is 0.00712. The first-order chi connectivity index (χ1) is 7.65. The van der Waals surface area contributed by atoms with Crippen molar-refractivity contribution < 1.29 is 4.74 Å². The summed E-state index contributed by atoms with van der Waals surface area (Å²) in [4.78, 5) is 0. The van der Waals surface area contributed by atoms with Gasteiger partial charge in [0.15, 0.2) is 0 Å². The van der Waals surface area contributed by atoms with Crippen molar-refractivity contribution in [3.05, 3.63) is 41.4 Å². The molecule has 2 nitrogen and oxygen atoms in total. The molecule has 1 aromatic carbocycles. The Morgan fingerprint density at radius 1 is 1.56 bits per heavy atom. The summed E-state index contributed by atoms with van der Waals surface area (Å²) in [7, 11) is 0. The quantitative estimate of drug-likeness (QED) is 0.607. The molecule has 0 saturated heterocycles. The van der Waals surface area contributed by atoms with Crippen molar-refractivity contribution in [2.24, 2.45) is 5.73 Å². The SMILES string of the molecule is C=CCCCOc1ccc([C@H](C)N)cc1Cl. The van der Waals surface area contributed by atoms with Crippen LogP contribution in [0.4, 0.5) is 0 Å². The Morgan fingerprint density at radius 2 is 2.31 bits per heavy atom. The van der Waals surface area contributed by atoms with E-state index >= 15 is 0 Å². The Hall–Kier alpha value is -0.990. The lowest BCUT2D eigenvalue weighted by Gasteiger charge is -2.10. The maximum Gasteiger partial charge on any atom is 0.137 e. The molecule has 0 aliphatic heterocycles. The second-order valence-electron chi connectivity index (χ2n) is 3.76. The molecule has 1 aromatic rings. The molecule has 0 bridgehead atoms. The number of nitrogens with two attached hydrogens (primary N) is 1. The lowest BCUT2D eigenvalue weighted by Crippen LogP contribution is -2.05. The zero-order valence-corrected chi connectivity index (χ0v) is 10.3. The van der Waals surface area contributed by atoms with Crippen molar-refractivity contribution >= 4 is 11.6 Å². The van der Waals surface area contributed by atoms with Crippen molar-refractivity contribution in [3.63, 3.8) is 0 Å². The van der Waals surface area contributed by atoms with Crippen LogP contribution in [0.1, 0.15) is 31.4 Å². The highest BCUT2D eigenvalue weighted by Gasteiger charge is 2.05. The van der Waals surface area contributed by atoms with Crippen molar-refractivity contribution in [1.29, 1.82) is 0 Å². The van der Waals surface area contributed by atoms with E-state index in [1.54, 1.807) is 0 Å². The van der Waals surface area contributed by atoms with Crippen LogP contribution in [-0.2, 0) is 0 Å². The smallest absolute Gasteiger partial charge is 0.137 e. The fourth-order valence-corrected chi connectivity index (χ4v) is 1.57. The molecule has 0 spiro atoms. The van der Waals surface area contributed by atoms with E-state index in [2.05, 4.69) is 6.58 Å². The summed E-state index contributed by atoms with van der Waals surface area (Å²) in [5, 5.41) is 0.619. The Bertz CT molecular complexity index is 350. The maximum atomic E-state index is 6.09. The molecular weight excluding hydrogens is 222 g/mol. The van der Waals surface area contributed by atoms with E-state index in [0.717, 1.165) is 24.2 Å². The number of allylic oxidation sites excluding steroid dienone is 1. The number of ether oxygens (including phenoxy) is 1. The fraction of sp³-hybridized carbons (Fsp3) is 0.385. The van der Waals surface area contributed by atoms with Gasteiger partial charge in [-0.15, -0.1) is 6.58 Å². The summed E-state index contributed by atoms with van der Waals surface area (Å²) in [6.45, 7) is 6.24. The van der Waals surface area contributed by atoms with Gasteiger partial charge in [0.25, 0.3) is 0 Å². The summed E-state index contributed by atoms with van der Waals surface area (Å²) in [5.41, 5.74) is 6.78. The van der Waals surface area contributed by atoms with E-state index in [4.69, 9.17) is 22.1 Å². The van der Waals surface area contributed by atoms with Gasteiger partial charge in [0.05, 0.1) is 11.6 Å². The van der Waals surface area contributed by atoms with Crippen molar-refractivity contribution in [1.82, 2.24) is 0 Å². The van der Waals surface area contributed by atoms with E-state index in [-0.39, 0.29) is 6.04 Å². The normalized spacial score (nSPS) is 12.2. The van der Waals surface area contributed by atoms with Gasteiger partial charge >= 0.3 is 0 Å². The average molecular weight is 240 g/mol. The summed E-state index contributed by atoms with van der Waals surface area (Å²) >= 11 is 6.09. The third-order valence-electron chi connectivity index (χ3n) is 2.29. The van der Waals surface area contributed by atoms with Crippen LogP contribution >= 0.6 is 11.6 Å². The molecule has 0 unspecified atom stereocenters. The summed E-state index contributed by atoms with van der Waals surface area (Å²) in [6, 6.07) is 5.66. The van der Waals surface area contributed by atoms with Crippen LogP contribution in [0.25, 0.3) is 0 Å². The number of benzene rings is 1. The van der Waals surface area contributed by atoms with Gasteiger partial charge in [0, 0.05) is 6.04 Å². The van der Waals surface area contributed by atoms with Crippen LogP contribution in [0.2, 0.25) is 5.02 Å². The predicted octanol–water partition coefficient (Wildman–Crippen LogP) is 3.70. The van der Waals surface area contributed by atoms with Gasteiger partial charge < -0.3 is 10.5 Å². The highest BCUT2D eigenvalue weighted by Crippen LogP contribution is 2.27. The van der Waals surface area contributed by atoms with E-state index in [0.29, 0.717) is 11.6 Å². The molecule has 0 saturated carbocycles. The van der Waals surface area contributed by atoms with Gasteiger partial charge in [-0.1, -0.05) is 23.7 Å². The average Bonchev–Trinajstić information content (AvgIpc) is 2.26. The lowest BCUT2D eigenvalue weighted by molar-refractivity contribution is 0.312. The van der Waals surface area contributed by atoms with Gasteiger partial charge in [-0.25, -0.2) is 0 Å². The Kier molecular flexibility index (Phi) is 5.36. The van der Waals surface area contributed by atoms with Crippen LogP contribution in [0.15, 0.2) is 30.9 Å². The van der Waals surface area contributed by atoms with Crippen molar-refractivity contribution in [2.45, 2.75) is 25.8 Å². The van der Waals surface area contributed by atoms with Crippen LogP contribution in [0.3, 0.4) is 0 Å². The van der Waals surface area contributed by atoms with Crippen LogP contribution in [-0.4, -0.2) is 6.61 Å². The number of hydrogen-bond acceptors (Lipinski definition) is 2. The first kappa shape index (κ1) is 13.1. The van der Waals surface area contributed by atoms with Crippen LogP contribution < -0.4 is 10.5 Å². The largest absolute Gasteiger partial charge is 0.492 e. The minimum Gasteiger partial charge on any atom is -0.492 e. The second kappa shape index (κ2) is 6.56. The van der Waals surface area contributed by atoms with Gasteiger partial charge in [0.2, 0.25) is 0 Å². The van der Waals surface area contributed by atoms with Gasteiger partial charge in [-0.05, 0) is 37.5 Å². The van der Waals surface area contributed by atoms with E-state index < -0.39 is 0 Å². The van der Waals surface area contributed by atoms with Crippen LogP contribution in [0, 0.1) is 0 Å². The molecule has 0 aromatic heterocycles. The monoisotopic (exact) mass is 239 g/mol. The fourth-order valence-electron chi connectivity index (χ4n) is 1.33. The molecule has 1 rings (SSSR count). The third kappa shape index (κ3) is 3.87. The van der Waals surface area contributed by atoms with E-state index in [9.17, 15) is 0 Å². The minimum atomic E-state index is -0.00712. The molecule has 0 fully saturated rings. The molecule has 88 valence electrons. The number of hydrogen-bond donors (Lipinski definition) is 1.